The minimum atomic E-state index is 0.507. The lowest BCUT2D eigenvalue weighted by molar-refractivity contribution is 0.104. The zero-order chi connectivity index (χ0) is 9.80. The Morgan fingerprint density at radius 1 is 1.21 bits per heavy atom. The van der Waals surface area contributed by atoms with Gasteiger partial charge in [0.15, 0.2) is 0 Å². The molecule has 0 aromatic carbocycles. The van der Waals surface area contributed by atoms with Crippen molar-refractivity contribution >= 4 is 0 Å². The van der Waals surface area contributed by atoms with Crippen LogP contribution in [0.1, 0.15) is 45.4 Å². The van der Waals surface area contributed by atoms with Crippen LogP contribution < -0.4 is 5.32 Å². The zero-order valence-corrected chi connectivity index (χ0v) is 9.30. The third-order valence-electron chi connectivity index (χ3n) is 3.59. The van der Waals surface area contributed by atoms with E-state index in [1.54, 1.807) is 0 Å². The van der Waals surface area contributed by atoms with Crippen molar-refractivity contribution in [2.75, 3.05) is 13.2 Å². The van der Waals surface area contributed by atoms with Crippen molar-refractivity contribution < 1.29 is 4.74 Å². The minimum absolute atomic E-state index is 0.507. The molecule has 2 rings (SSSR count). The molecule has 1 heterocycles. The molecule has 0 amide bonds. The summed E-state index contributed by atoms with van der Waals surface area (Å²) in [5.41, 5.74) is 0. The second-order valence-corrected chi connectivity index (χ2v) is 5.01. The van der Waals surface area contributed by atoms with Crippen molar-refractivity contribution in [2.24, 2.45) is 5.92 Å². The van der Waals surface area contributed by atoms with Gasteiger partial charge in [-0.1, -0.05) is 19.8 Å². The zero-order valence-electron chi connectivity index (χ0n) is 9.30. The molecule has 3 atom stereocenters. The highest BCUT2D eigenvalue weighted by atomic mass is 16.5. The highest BCUT2D eigenvalue weighted by Gasteiger charge is 2.21. The standard InChI is InChI=1S/C12H23NO/c1-10-4-2-5-11(8-10)13-9-12-6-3-7-14-12/h10-13H,2-9H2,1H3. The molecule has 1 aliphatic carbocycles. The predicted octanol–water partition coefficient (Wildman–Crippen LogP) is 2.33. The van der Waals surface area contributed by atoms with Gasteiger partial charge in [-0.15, -0.1) is 0 Å². The Kier molecular flexibility index (Phi) is 3.82. The van der Waals surface area contributed by atoms with E-state index in [1.165, 1.54) is 38.5 Å². The van der Waals surface area contributed by atoms with E-state index in [2.05, 4.69) is 12.2 Å². The SMILES string of the molecule is CC1CCCC(NCC2CCCO2)C1. The maximum Gasteiger partial charge on any atom is 0.0700 e. The van der Waals surface area contributed by atoms with Crippen molar-refractivity contribution in [1.29, 1.82) is 0 Å². The lowest BCUT2D eigenvalue weighted by Crippen LogP contribution is -2.38. The van der Waals surface area contributed by atoms with Crippen LogP contribution in [0, 0.1) is 5.92 Å². The summed E-state index contributed by atoms with van der Waals surface area (Å²) in [6, 6.07) is 0.767. The van der Waals surface area contributed by atoms with Gasteiger partial charge in [0.05, 0.1) is 6.10 Å². The molecule has 1 saturated carbocycles. The quantitative estimate of drug-likeness (QED) is 0.750. The molecule has 0 aromatic heterocycles. The first-order valence-corrected chi connectivity index (χ1v) is 6.19. The van der Waals surface area contributed by atoms with Gasteiger partial charge in [-0.25, -0.2) is 0 Å². The Morgan fingerprint density at radius 2 is 2.14 bits per heavy atom. The van der Waals surface area contributed by atoms with Gasteiger partial charge in [-0.05, 0) is 31.6 Å². The van der Waals surface area contributed by atoms with E-state index in [4.69, 9.17) is 4.74 Å². The second-order valence-electron chi connectivity index (χ2n) is 5.01. The summed E-state index contributed by atoms with van der Waals surface area (Å²) in [6.45, 7) is 4.44. The molecule has 1 saturated heterocycles. The van der Waals surface area contributed by atoms with Crippen LogP contribution in [0.3, 0.4) is 0 Å². The highest BCUT2D eigenvalue weighted by Crippen LogP contribution is 2.23. The second kappa shape index (κ2) is 5.13. The number of ether oxygens (including phenoxy) is 1. The lowest BCUT2D eigenvalue weighted by Gasteiger charge is -2.28. The Hall–Kier alpha value is -0.0800. The third kappa shape index (κ3) is 2.96. The van der Waals surface area contributed by atoms with Gasteiger partial charge in [0.25, 0.3) is 0 Å². The molecule has 3 unspecified atom stereocenters. The molecule has 1 aliphatic heterocycles. The van der Waals surface area contributed by atoms with Gasteiger partial charge in [0, 0.05) is 19.2 Å². The number of nitrogens with one attached hydrogen (secondary N) is 1. The summed E-state index contributed by atoms with van der Waals surface area (Å²) in [4.78, 5) is 0. The average Bonchev–Trinajstić information content (AvgIpc) is 2.67. The third-order valence-corrected chi connectivity index (χ3v) is 3.59. The summed E-state index contributed by atoms with van der Waals surface area (Å²) < 4.78 is 5.61. The molecule has 82 valence electrons. The maximum absolute atomic E-state index is 5.61. The van der Waals surface area contributed by atoms with Crippen molar-refractivity contribution in [2.45, 2.75) is 57.6 Å². The van der Waals surface area contributed by atoms with E-state index >= 15 is 0 Å². The first kappa shape index (κ1) is 10.4. The maximum atomic E-state index is 5.61. The molecule has 1 N–H and O–H groups in total. The molecule has 14 heavy (non-hydrogen) atoms. The van der Waals surface area contributed by atoms with Gasteiger partial charge in [-0.2, -0.15) is 0 Å². The van der Waals surface area contributed by atoms with Gasteiger partial charge < -0.3 is 10.1 Å². The van der Waals surface area contributed by atoms with Crippen molar-refractivity contribution in [3.8, 4) is 0 Å². The van der Waals surface area contributed by atoms with Crippen LogP contribution in [0.2, 0.25) is 0 Å². The van der Waals surface area contributed by atoms with E-state index in [0.29, 0.717) is 6.10 Å². The molecule has 0 radical (unpaired) electrons. The highest BCUT2D eigenvalue weighted by molar-refractivity contribution is 4.78. The van der Waals surface area contributed by atoms with E-state index in [1.807, 2.05) is 0 Å². The largest absolute Gasteiger partial charge is 0.377 e. The summed E-state index contributed by atoms with van der Waals surface area (Å²) >= 11 is 0. The molecule has 0 bridgehead atoms. The van der Waals surface area contributed by atoms with Gasteiger partial charge in [0.1, 0.15) is 0 Å². The molecule has 2 aliphatic rings. The van der Waals surface area contributed by atoms with Crippen molar-refractivity contribution in [1.82, 2.24) is 5.32 Å². The van der Waals surface area contributed by atoms with Crippen LogP contribution >= 0.6 is 0 Å². The Balaban J connectivity index is 1.64. The molecule has 2 nitrogen and oxygen atoms in total. The van der Waals surface area contributed by atoms with E-state index in [-0.39, 0.29) is 0 Å². The number of rotatable bonds is 3. The van der Waals surface area contributed by atoms with Crippen molar-refractivity contribution in [3.63, 3.8) is 0 Å². The van der Waals surface area contributed by atoms with Crippen LogP contribution in [0.4, 0.5) is 0 Å². The Bertz CT molecular complexity index is 166. The van der Waals surface area contributed by atoms with Crippen LogP contribution in [0.25, 0.3) is 0 Å². The van der Waals surface area contributed by atoms with E-state index < -0.39 is 0 Å². The Morgan fingerprint density at radius 3 is 2.86 bits per heavy atom. The van der Waals surface area contributed by atoms with Gasteiger partial charge in [0.2, 0.25) is 0 Å². The summed E-state index contributed by atoms with van der Waals surface area (Å²) in [5, 5.41) is 3.67. The smallest absolute Gasteiger partial charge is 0.0700 e. The van der Waals surface area contributed by atoms with Gasteiger partial charge >= 0.3 is 0 Å². The van der Waals surface area contributed by atoms with Crippen LogP contribution in [0.15, 0.2) is 0 Å². The summed E-state index contributed by atoms with van der Waals surface area (Å²) in [7, 11) is 0. The predicted molar refractivity (Wildman–Crippen MR) is 58.4 cm³/mol. The molecular formula is C12H23NO. The summed E-state index contributed by atoms with van der Waals surface area (Å²) in [5.74, 6) is 0.922. The molecule has 0 spiro atoms. The topological polar surface area (TPSA) is 21.3 Å². The fraction of sp³-hybridized carbons (Fsp3) is 1.00. The van der Waals surface area contributed by atoms with Crippen molar-refractivity contribution in [3.05, 3.63) is 0 Å². The molecule has 2 heteroatoms. The molecular weight excluding hydrogens is 174 g/mol. The van der Waals surface area contributed by atoms with Crippen LogP contribution in [0.5, 0.6) is 0 Å². The summed E-state index contributed by atoms with van der Waals surface area (Å²) in [6.07, 6.45) is 8.60. The van der Waals surface area contributed by atoms with Gasteiger partial charge in [-0.3, -0.25) is 0 Å². The van der Waals surface area contributed by atoms with E-state index in [0.717, 1.165) is 25.1 Å². The minimum Gasteiger partial charge on any atom is -0.377 e. The number of hydrogen-bond donors (Lipinski definition) is 1. The molecule has 2 fully saturated rings. The molecule has 0 aromatic rings. The average molecular weight is 197 g/mol. The lowest BCUT2D eigenvalue weighted by atomic mass is 9.87. The fourth-order valence-corrected chi connectivity index (χ4v) is 2.72. The monoisotopic (exact) mass is 197 g/mol. The first-order valence-electron chi connectivity index (χ1n) is 6.19. The van der Waals surface area contributed by atoms with Crippen LogP contribution in [-0.4, -0.2) is 25.3 Å². The van der Waals surface area contributed by atoms with Crippen LogP contribution in [-0.2, 0) is 4.74 Å². The fourth-order valence-electron chi connectivity index (χ4n) is 2.72. The number of hydrogen-bond acceptors (Lipinski definition) is 2. The Labute approximate surface area is 87.4 Å². The first-order chi connectivity index (χ1) is 6.84. The normalized spacial score (nSPS) is 38.8. The van der Waals surface area contributed by atoms with E-state index in [9.17, 15) is 0 Å².